The van der Waals surface area contributed by atoms with Crippen molar-refractivity contribution in [3.05, 3.63) is 36.2 Å². The molecule has 2 aromatic rings. The molecule has 2 rings (SSSR count). The van der Waals surface area contributed by atoms with Crippen LogP contribution in [0.4, 0.5) is 0 Å². The molecule has 0 radical (unpaired) electrons. The molecule has 0 unspecified atom stereocenters. The second-order valence-electron chi connectivity index (χ2n) is 2.83. The third-order valence-corrected chi connectivity index (χ3v) is 2.06. The molecule has 0 fully saturated rings. The van der Waals surface area contributed by atoms with Gasteiger partial charge in [0.15, 0.2) is 0 Å². The van der Waals surface area contributed by atoms with Crippen molar-refractivity contribution in [1.29, 1.82) is 0 Å². The van der Waals surface area contributed by atoms with Crippen molar-refractivity contribution < 1.29 is 4.79 Å². The van der Waals surface area contributed by atoms with E-state index in [2.05, 4.69) is 10.3 Å². The molecule has 0 saturated heterocycles. The predicted octanol–water partition coefficient (Wildman–Crippen LogP) is 1.53. The van der Waals surface area contributed by atoms with E-state index in [1.54, 1.807) is 7.05 Å². The van der Waals surface area contributed by atoms with Gasteiger partial charge in [0.2, 0.25) is 0 Å². The Hall–Kier alpha value is -1.77. The van der Waals surface area contributed by atoms with Crippen LogP contribution in [0.3, 0.4) is 0 Å². The zero-order valence-electron chi connectivity index (χ0n) is 7.29. The fraction of sp³-hybridized carbons (Fsp3) is 0.100. The molecule has 0 aliphatic rings. The fourth-order valence-corrected chi connectivity index (χ4v) is 1.39. The van der Waals surface area contributed by atoms with E-state index in [4.69, 9.17) is 0 Å². The van der Waals surface area contributed by atoms with Crippen LogP contribution in [0, 0.1) is 0 Å². The smallest absolute Gasteiger partial charge is 0.268 e. The molecule has 66 valence electrons. The topological polar surface area (TPSA) is 44.9 Å². The number of hydrogen-bond donors (Lipinski definition) is 2. The van der Waals surface area contributed by atoms with Crippen LogP contribution in [0.1, 0.15) is 10.5 Å². The lowest BCUT2D eigenvalue weighted by Crippen LogP contribution is -2.18. The SMILES string of the molecule is CNC(=O)c1[nH]cc2ccccc12. The number of aromatic amines is 1. The second-order valence-corrected chi connectivity index (χ2v) is 2.83. The van der Waals surface area contributed by atoms with E-state index < -0.39 is 0 Å². The molecule has 0 aliphatic heterocycles. The molecule has 0 bridgehead atoms. The Morgan fingerprint density at radius 2 is 2.15 bits per heavy atom. The number of hydrogen-bond acceptors (Lipinski definition) is 1. The summed E-state index contributed by atoms with van der Waals surface area (Å²) in [5.41, 5.74) is 0.623. The van der Waals surface area contributed by atoms with Crippen LogP contribution in [0.5, 0.6) is 0 Å². The lowest BCUT2D eigenvalue weighted by Gasteiger charge is -1.96. The van der Waals surface area contributed by atoms with Gasteiger partial charge in [-0.3, -0.25) is 4.79 Å². The average Bonchev–Trinajstić information content (AvgIpc) is 2.60. The standard InChI is InChI=1S/C10H10N2O/c1-11-10(13)9-8-5-3-2-4-7(8)6-12-9/h2-6,12H,1H3,(H,11,13). The van der Waals surface area contributed by atoms with Gasteiger partial charge in [0.05, 0.1) is 0 Å². The Morgan fingerprint density at radius 1 is 1.38 bits per heavy atom. The number of benzene rings is 1. The Balaban J connectivity index is 2.64. The Labute approximate surface area is 75.8 Å². The van der Waals surface area contributed by atoms with Crippen LogP contribution in [-0.2, 0) is 0 Å². The number of H-pyrrole nitrogens is 1. The molecule has 1 amide bonds. The van der Waals surface area contributed by atoms with Gasteiger partial charge >= 0.3 is 0 Å². The third-order valence-electron chi connectivity index (χ3n) is 2.06. The number of carbonyl (C=O) groups is 1. The van der Waals surface area contributed by atoms with Gasteiger partial charge in [0, 0.05) is 18.6 Å². The van der Waals surface area contributed by atoms with Crippen molar-refractivity contribution in [2.24, 2.45) is 0 Å². The van der Waals surface area contributed by atoms with Crippen LogP contribution in [0.15, 0.2) is 30.5 Å². The highest BCUT2D eigenvalue weighted by Crippen LogP contribution is 2.17. The molecule has 0 atom stereocenters. The summed E-state index contributed by atoms with van der Waals surface area (Å²) in [6.07, 6.45) is 1.83. The molecular weight excluding hydrogens is 164 g/mol. The quantitative estimate of drug-likeness (QED) is 0.676. The zero-order chi connectivity index (χ0) is 9.26. The maximum Gasteiger partial charge on any atom is 0.268 e. The Kier molecular flexibility index (Phi) is 1.77. The maximum absolute atomic E-state index is 11.3. The lowest BCUT2D eigenvalue weighted by molar-refractivity contribution is 0.0960. The largest absolute Gasteiger partial charge is 0.356 e. The van der Waals surface area contributed by atoms with Gasteiger partial charge in [0.25, 0.3) is 5.91 Å². The number of fused-ring (bicyclic) bond motifs is 1. The van der Waals surface area contributed by atoms with Gasteiger partial charge in [0.1, 0.15) is 5.69 Å². The van der Waals surface area contributed by atoms with Crippen LogP contribution in [0.25, 0.3) is 10.8 Å². The third kappa shape index (κ3) is 1.18. The zero-order valence-corrected chi connectivity index (χ0v) is 7.29. The molecule has 0 aliphatic carbocycles. The van der Waals surface area contributed by atoms with E-state index in [1.165, 1.54) is 0 Å². The minimum atomic E-state index is -0.0822. The van der Waals surface area contributed by atoms with Crippen molar-refractivity contribution in [2.45, 2.75) is 0 Å². The van der Waals surface area contributed by atoms with E-state index in [9.17, 15) is 4.79 Å². The Morgan fingerprint density at radius 3 is 2.92 bits per heavy atom. The first-order valence-electron chi connectivity index (χ1n) is 4.11. The van der Waals surface area contributed by atoms with Gasteiger partial charge in [-0.2, -0.15) is 0 Å². The summed E-state index contributed by atoms with van der Waals surface area (Å²) in [6.45, 7) is 0. The summed E-state index contributed by atoms with van der Waals surface area (Å²) in [6, 6.07) is 7.76. The predicted molar refractivity (Wildman–Crippen MR) is 51.7 cm³/mol. The number of nitrogens with one attached hydrogen (secondary N) is 2. The van der Waals surface area contributed by atoms with Gasteiger partial charge in [-0.15, -0.1) is 0 Å². The highest BCUT2D eigenvalue weighted by Gasteiger charge is 2.08. The maximum atomic E-state index is 11.3. The van der Waals surface area contributed by atoms with Gasteiger partial charge in [-0.05, 0) is 5.39 Å². The summed E-state index contributed by atoms with van der Waals surface area (Å²) in [7, 11) is 1.62. The molecule has 3 heteroatoms. The molecule has 0 saturated carbocycles. The number of carbonyl (C=O) groups excluding carboxylic acids is 1. The van der Waals surface area contributed by atoms with Gasteiger partial charge in [-0.25, -0.2) is 0 Å². The van der Waals surface area contributed by atoms with Crippen molar-refractivity contribution in [2.75, 3.05) is 7.05 Å². The summed E-state index contributed by atoms with van der Waals surface area (Å²) in [5, 5.41) is 4.61. The second kappa shape index (κ2) is 2.94. The molecule has 2 N–H and O–H groups in total. The van der Waals surface area contributed by atoms with Crippen LogP contribution < -0.4 is 5.32 Å². The van der Waals surface area contributed by atoms with Crippen LogP contribution in [-0.4, -0.2) is 17.9 Å². The fourth-order valence-electron chi connectivity index (χ4n) is 1.39. The highest BCUT2D eigenvalue weighted by atomic mass is 16.1. The normalized spacial score (nSPS) is 10.2. The van der Waals surface area contributed by atoms with E-state index in [0.29, 0.717) is 5.69 Å². The van der Waals surface area contributed by atoms with Crippen molar-refractivity contribution in [3.63, 3.8) is 0 Å². The molecule has 3 nitrogen and oxygen atoms in total. The molecule has 1 aromatic heterocycles. The van der Waals surface area contributed by atoms with Gasteiger partial charge in [-0.1, -0.05) is 24.3 Å². The summed E-state index contributed by atoms with van der Waals surface area (Å²) >= 11 is 0. The van der Waals surface area contributed by atoms with Crippen molar-refractivity contribution in [1.82, 2.24) is 10.3 Å². The molecule has 1 aromatic carbocycles. The first-order chi connectivity index (χ1) is 6.33. The number of aromatic nitrogens is 1. The first-order valence-corrected chi connectivity index (χ1v) is 4.11. The molecule has 1 heterocycles. The molecule has 0 spiro atoms. The summed E-state index contributed by atoms with van der Waals surface area (Å²) < 4.78 is 0. The Bertz CT molecular complexity index is 445. The minimum absolute atomic E-state index is 0.0822. The van der Waals surface area contributed by atoms with Gasteiger partial charge < -0.3 is 10.3 Å². The van der Waals surface area contributed by atoms with E-state index in [0.717, 1.165) is 10.8 Å². The molecule has 13 heavy (non-hydrogen) atoms. The van der Waals surface area contributed by atoms with Crippen molar-refractivity contribution >= 4 is 16.7 Å². The van der Waals surface area contributed by atoms with Crippen LogP contribution >= 0.6 is 0 Å². The summed E-state index contributed by atoms with van der Waals surface area (Å²) in [4.78, 5) is 14.3. The summed E-state index contributed by atoms with van der Waals surface area (Å²) in [5.74, 6) is -0.0822. The number of rotatable bonds is 1. The van der Waals surface area contributed by atoms with E-state index in [1.807, 2.05) is 30.5 Å². The highest BCUT2D eigenvalue weighted by molar-refractivity contribution is 6.05. The van der Waals surface area contributed by atoms with Crippen molar-refractivity contribution in [3.8, 4) is 0 Å². The lowest BCUT2D eigenvalue weighted by atomic mass is 10.2. The monoisotopic (exact) mass is 174 g/mol. The molecular formula is C10H10N2O. The van der Waals surface area contributed by atoms with E-state index in [-0.39, 0.29) is 5.91 Å². The first kappa shape index (κ1) is 7.86. The van der Waals surface area contributed by atoms with E-state index >= 15 is 0 Å². The average molecular weight is 174 g/mol. The minimum Gasteiger partial charge on any atom is -0.356 e. The number of amides is 1. The van der Waals surface area contributed by atoms with Crippen LogP contribution in [0.2, 0.25) is 0 Å².